The molecule has 8 heteroatoms. The Hall–Kier alpha value is -2.64. The summed E-state index contributed by atoms with van der Waals surface area (Å²) in [4.78, 5) is 16.0. The molecule has 25 heavy (non-hydrogen) atoms. The quantitative estimate of drug-likeness (QED) is 0.528. The van der Waals surface area contributed by atoms with Gasteiger partial charge in [-0.05, 0) is 42.8 Å². The Balaban J connectivity index is 1.56. The fourth-order valence-electron chi connectivity index (χ4n) is 2.10. The summed E-state index contributed by atoms with van der Waals surface area (Å²) < 4.78 is 6.39. The first-order valence-corrected chi connectivity index (χ1v) is 8.58. The zero-order valence-electron chi connectivity index (χ0n) is 13.3. The van der Waals surface area contributed by atoms with Gasteiger partial charge in [-0.1, -0.05) is 35.1 Å². The van der Waals surface area contributed by atoms with Crippen LogP contribution in [-0.2, 0) is 4.79 Å². The van der Waals surface area contributed by atoms with Crippen molar-refractivity contribution < 1.29 is 9.53 Å². The molecule has 0 bridgehead atoms. The van der Waals surface area contributed by atoms with E-state index >= 15 is 0 Å². The van der Waals surface area contributed by atoms with Crippen LogP contribution in [0.4, 0.5) is 5.13 Å². The van der Waals surface area contributed by atoms with Crippen molar-refractivity contribution in [2.75, 3.05) is 12.3 Å². The number of nitrogen functional groups attached to an aromatic ring is 1. The van der Waals surface area contributed by atoms with Crippen LogP contribution in [0.3, 0.4) is 0 Å². The molecule has 3 aromatic rings. The lowest BCUT2D eigenvalue weighted by Crippen LogP contribution is -2.25. The summed E-state index contributed by atoms with van der Waals surface area (Å²) in [5.41, 5.74) is 10.5. The van der Waals surface area contributed by atoms with Crippen LogP contribution < -0.4 is 15.9 Å². The molecule has 1 aromatic heterocycles. The third kappa shape index (κ3) is 4.46. The number of nitrogens with two attached hydrogens (primary N) is 1. The van der Waals surface area contributed by atoms with Gasteiger partial charge in [0.1, 0.15) is 5.75 Å². The van der Waals surface area contributed by atoms with Gasteiger partial charge in [-0.25, -0.2) is 10.4 Å². The number of aromatic nitrogens is 1. The van der Waals surface area contributed by atoms with E-state index < -0.39 is 0 Å². The number of anilines is 1. The maximum atomic E-state index is 11.9. The van der Waals surface area contributed by atoms with Crippen LogP contribution in [-0.4, -0.2) is 23.2 Å². The number of nitrogens with zero attached hydrogens (tertiary/aromatic N) is 2. The number of ether oxygens (including phenoxy) is 1. The smallest absolute Gasteiger partial charge is 0.277 e. The van der Waals surface area contributed by atoms with Gasteiger partial charge in [-0.2, -0.15) is 5.10 Å². The zero-order chi connectivity index (χ0) is 17.8. The highest BCUT2D eigenvalue weighted by molar-refractivity contribution is 7.22. The van der Waals surface area contributed by atoms with Crippen LogP contribution in [0, 0.1) is 0 Å². The predicted octanol–water partition coefficient (Wildman–Crippen LogP) is 3.45. The lowest BCUT2D eigenvalue weighted by atomic mass is 10.1. The van der Waals surface area contributed by atoms with E-state index in [0.29, 0.717) is 21.6 Å². The average molecular weight is 375 g/mol. The number of hydrogen-bond donors (Lipinski definition) is 2. The molecule has 0 aliphatic heterocycles. The van der Waals surface area contributed by atoms with E-state index in [1.54, 1.807) is 37.3 Å². The molecule has 0 unspecified atom stereocenters. The number of carbonyl (C=O) groups excluding carboxylic acids is 1. The van der Waals surface area contributed by atoms with Crippen molar-refractivity contribution in [2.24, 2.45) is 5.10 Å². The van der Waals surface area contributed by atoms with E-state index in [2.05, 4.69) is 15.5 Å². The standard InChI is InChI=1S/C17H15ClN4O2S/c1-10(11-2-4-12(18)5-3-11)21-22-16(23)9-24-13-6-7-14-15(8-13)25-17(19)20-14/h2-8H,9H2,1H3,(H2,19,20)(H,22,23)/b21-10+. The van der Waals surface area contributed by atoms with Crippen LogP contribution in [0.2, 0.25) is 5.02 Å². The second-order valence-corrected chi connectivity index (χ2v) is 6.71. The highest BCUT2D eigenvalue weighted by atomic mass is 35.5. The minimum atomic E-state index is -0.350. The molecule has 0 atom stereocenters. The fraction of sp³-hybridized carbons (Fsp3) is 0.118. The summed E-state index contributed by atoms with van der Waals surface area (Å²) >= 11 is 7.21. The molecule has 3 rings (SSSR count). The van der Waals surface area contributed by atoms with Crippen molar-refractivity contribution in [3.05, 3.63) is 53.1 Å². The molecule has 0 aliphatic carbocycles. The lowest BCUT2D eigenvalue weighted by Gasteiger charge is -2.06. The summed E-state index contributed by atoms with van der Waals surface area (Å²) in [5, 5.41) is 5.20. The molecular weight excluding hydrogens is 360 g/mol. The summed E-state index contributed by atoms with van der Waals surface area (Å²) in [6.45, 7) is 1.66. The molecule has 6 nitrogen and oxygen atoms in total. The average Bonchev–Trinajstić information content (AvgIpc) is 2.97. The number of fused-ring (bicyclic) bond motifs is 1. The zero-order valence-corrected chi connectivity index (χ0v) is 14.9. The molecule has 1 amide bonds. The molecule has 0 fully saturated rings. The Morgan fingerprint density at radius 3 is 2.84 bits per heavy atom. The van der Waals surface area contributed by atoms with Crippen molar-refractivity contribution in [3.8, 4) is 5.75 Å². The van der Waals surface area contributed by atoms with Crippen LogP contribution >= 0.6 is 22.9 Å². The molecule has 1 heterocycles. The van der Waals surface area contributed by atoms with Gasteiger partial charge in [0.25, 0.3) is 5.91 Å². The lowest BCUT2D eigenvalue weighted by molar-refractivity contribution is -0.123. The van der Waals surface area contributed by atoms with Crippen LogP contribution in [0.5, 0.6) is 5.75 Å². The normalized spacial score (nSPS) is 11.5. The maximum Gasteiger partial charge on any atom is 0.277 e. The number of hydrogen-bond acceptors (Lipinski definition) is 6. The third-order valence-electron chi connectivity index (χ3n) is 3.36. The predicted molar refractivity (Wildman–Crippen MR) is 101 cm³/mol. The van der Waals surface area contributed by atoms with E-state index in [1.807, 2.05) is 12.1 Å². The maximum absolute atomic E-state index is 11.9. The highest BCUT2D eigenvalue weighted by Crippen LogP contribution is 2.27. The molecule has 0 saturated carbocycles. The Kier molecular flexibility index (Phi) is 5.16. The van der Waals surface area contributed by atoms with Gasteiger partial charge in [0.15, 0.2) is 11.7 Å². The van der Waals surface area contributed by atoms with Gasteiger partial charge in [0.2, 0.25) is 0 Å². The van der Waals surface area contributed by atoms with Gasteiger partial charge >= 0.3 is 0 Å². The molecule has 0 saturated heterocycles. The van der Waals surface area contributed by atoms with Crippen molar-refractivity contribution in [3.63, 3.8) is 0 Å². The number of carbonyl (C=O) groups is 1. The topological polar surface area (TPSA) is 89.6 Å². The van der Waals surface area contributed by atoms with Gasteiger partial charge in [0, 0.05) is 5.02 Å². The summed E-state index contributed by atoms with van der Waals surface area (Å²) in [7, 11) is 0. The summed E-state index contributed by atoms with van der Waals surface area (Å²) in [6.07, 6.45) is 0. The Morgan fingerprint density at radius 2 is 2.08 bits per heavy atom. The van der Waals surface area contributed by atoms with Crippen LogP contribution in [0.15, 0.2) is 47.6 Å². The second-order valence-electron chi connectivity index (χ2n) is 5.21. The summed E-state index contributed by atoms with van der Waals surface area (Å²) in [5.74, 6) is 0.224. The minimum Gasteiger partial charge on any atom is -0.484 e. The Morgan fingerprint density at radius 1 is 1.32 bits per heavy atom. The van der Waals surface area contributed by atoms with Gasteiger partial charge in [0.05, 0.1) is 15.9 Å². The van der Waals surface area contributed by atoms with Gasteiger partial charge in [-0.3, -0.25) is 4.79 Å². The number of benzene rings is 2. The number of halogens is 1. The monoisotopic (exact) mass is 374 g/mol. The van der Waals surface area contributed by atoms with Crippen molar-refractivity contribution in [2.45, 2.75) is 6.92 Å². The van der Waals surface area contributed by atoms with Crippen LogP contribution in [0.25, 0.3) is 10.2 Å². The molecule has 2 aromatic carbocycles. The third-order valence-corrected chi connectivity index (χ3v) is 4.46. The molecule has 0 aliphatic rings. The van der Waals surface area contributed by atoms with Crippen LogP contribution in [0.1, 0.15) is 12.5 Å². The van der Waals surface area contributed by atoms with Crippen molar-refractivity contribution in [1.29, 1.82) is 0 Å². The number of hydrazone groups is 1. The van der Waals surface area contributed by atoms with Crippen molar-refractivity contribution >= 4 is 49.9 Å². The first-order chi connectivity index (χ1) is 12.0. The Bertz CT molecular complexity index is 937. The minimum absolute atomic E-state index is 0.142. The molecule has 3 N–H and O–H groups in total. The number of amides is 1. The van der Waals surface area contributed by atoms with Gasteiger partial charge in [-0.15, -0.1) is 0 Å². The summed E-state index contributed by atoms with van der Waals surface area (Å²) in [6, 6.07) is 12.6. The molecular formula is C17H15ClN4O2S. The van der Waals surface area contributed by atoms with E-state index in [1.165, 1.54) is 11.3 Å². The van der Waals surface area contributed by atoms with Crippen molar-refractivity contribution in [1.82, 2.24) is 10.4 Å². The number of thiazole rings is 1. The first-order valence-electron chi connectivity index (χ1n) is 7.39. The SMILES string of the molecule is C/C(=N\NC(=O)COc1ccc2nc(N)sc2c1)c1ccc(Cl)cc1. The second kappa shape index (κ2) is 7.50. The van der Waals surface area contributed by atoms with E-state index in [9.17, 15) is 4.79 Å². The molecule has 0 spiro atoms. The number of nitrogens with one attached hydrogen (secondary N) is 1. The fourth-order valence-corrected chi connectivity index (χ4v) is 2.98. The largest absolute Gasteiger partial charge is 0.484 e. The molecule has 0 radical (unpaired) electrons. The van der Waals surface area contributed by atoms with E-state index in [0.717, 1.165) is 15.8 Å². The van der Waals surface area contributed by atoms with E-state index in [-0.39, 0.29) is 12.5 Å². The highest BCUT2D eigenvalue weighted by Gasteiger charge is 2.06. The Labute approximate surface area is 153 Å². The first kappa shape index (κ1) is 17.2. The van der Waals surface area contributed by atoms with E-state index in [4.69, 9.17) is 22.1 Å². The van der Waals surface area contributed by atoms with Gasteiger partial charge < -0.3 is 10.5 Å². The molecule has 128 valence electrons. The number of rotatable bonds is 5.